The molecule has 1 atom stereocenters. The quantitative estimate of drug-likeness (QED) is 0.843. The lowest BCUT2D eigenvalue weighted by Crippen LogP contribution is -2.40. The first-order chi connectivity index (χ1) is 13.5. The van der Waals surface area contributed by atoms with Gasteiger partial charge in [-0.2, -0.15) is 0 Å². The van der Waals surface area contributed by atoms with Crippen LogP contribution in [-0.4, -0.2) is 41.6 Å². The predicted molar refractivity (Wildman–Crippen MR) is 101 cm³/mol. The molecule has 2 amide bonds. The molecule has 2 fully saturated rings. The number of benzene rings is 1. The van der Waals surface area contributed by atoms with Gasteiger partial charge < -0.3 is 10.2 Å². The molecule has 0 unspecified atom stereocenters. The molecular formula is C18H19F2N5O2S. The Labute approximate surface area is 164 Å². The summed E-state index contributed by atoms with van der Waals surface area (Å²) >= 11 is 1.34. The maximum absolute atomic E-state index is 13.8. The summed E-state index contributed by atoms with van der Waals surface area (Å²) in [4.78, 5) is 28.0. The molecule has 0 radical (unpaired) electrons. The summed E-state index contributed by atoms with van der Waals surface area (Å²) in [6.07, 6.45) is 2.80. The van der Waals surface area contributed by atoms with Crippen molar-refractivity contribution in [1.29, 1.82) is 0 Å². The van der Waals surface area contributed by atoms with E-state index in [1.807, 2.05) is 4.90 Å². The largest absolute Gasteiger partial charge is 0.346 e. The molecule has 7 nitrogen and oxygen atoms in total. The van der Waals surface area contributed by atoms with Crippen molar-refractivity contribution in [3.05, 3.63) is 29.8 Å². The summed E-state index contributed by atoms with van der Waals surface area (Å²) in [5, 5.41) is 12.1. The number of halogens is 2. The molecule has 10 heteroatoms. The third-order valence-electron chi connectivity index (χ3n) is 4.96. The number of rotatable bonds is 4. The minimum atomic E-state index is -0.801. The summed E-state index contributed by atoms with van der Waals surface area (Å²) in [5.74, 6) is -2.10. The molecule has 4 rings (SSSR count). The number of nitrogens with zero attached hydrogens (tertiary/aromatic N) is 4. The highest BCUT2D eigenvalue weighted by molar-refractivity contribution is 7.19. The molecule has 1 aromatic carbocycles. The number of carbonyl (C=O) groups excluding carboxylic acids is 2. The number of anilines is 3. The molecule has 0 spiro atoms. The molecule has 148 valence electrons. The lowest BCUT2D eigenvalue weighted by atomic mass is 9.97. The Balaban J connectivity index is 1.42. The highest BCUT2D eigenvalue weighted by atomic mass is 32.1. The van der Waals surface area contributed by atoms with Crippen molar-refractivity contribution in [3.63, 3.8) is 0 Å². The van der Waals surface area contributed by atoms with E-state index in [1.54, 1.807) is 4.90 Å². The standard InChI is InChI=1S/C18H19F2N5O2S/c19-12-5-6-14(13(20)9-12)21-16(27)11-3-1-7-24(10-11)17-22-23-18(28-17)25-8-2-4-15(25)26/h5-6,9,11H,1-4,7-8,10H2,(H,21,27)/t11-/m0/s1. The van der Waals surface area contributed by atoms with Gasteiger partial charge in [0, 0.05) is 32.1 Å². The first-order valence-electron chi connectivity index (χ1n) is 9.16. The molecule has 2 saturated heterocycles. The van der Waals surface area contributed by atoms with Crippen LogP contribution in [0.15, 0.2) is 18.2 Å². The average Bonchev–Trinajstić information content (AvgIpc) is 3.33. The maximum Gasteiger partial charge on any atom is 0.229 e. The fourth-order valence-corrected chi connectivity index (χ4v) is 4.41. The zero-order chi connectivity index (χ0) is 19.7. The lowest BCUT2D eigenvalue weighted by molar-refractivity contribution is -0.120. The minimum Gasteiger partial charge on any atom is -0.346 e. The van der Waals surface area contributed by atoms with Crippen LogP contribution in [0.25, 0.3) is 0 Å². The normalized spacial score (nSPS) is 19.9. The molecule has 0 bridgehead atoms. The second-order valence-electron chi connectivity index (χ2n) is 6.91. The Morgan fingerprint density at radius 1 is 1.18 bits per heavy atom. The van der Waals surface area contributed by atoms with Gasteiger partial charge in [0.1, 0.15) is 11.6 Å². The van der Waals surface area contributed by atoms with E-state index in [-0.39, 0.29) is 23.4 Å². The smallest absolute Gasteiger partial charge is 0.229 e. The molecule has 2 aliphatic rings. The number of carbonyl (C=O) groups is 2. The topological polar surface area (TPSA) is 78.4 Å². The van der Waals surface area contributed by atoms with Gasteiger partial charge in [0.05, 0.1) is 11.6 Å². The van der Waals surface area contributed by atoms with Crippen molar-refractivity contribution >= 4 is 39.1 Å². The van der Waals surface area contributed by atoms with Gasteiger partial charge in [-0.1, -0.05) is 11.3 Å². The Morgan fingerprint density at radius 2 is 2.00 bits per heavy atom. The number of hydrogen-bond donors (Lipinski definition) is 1. The van der Waals surface area contributed by atoms with Crippen LogP contribution in [0.3, 0.4) is 0 Å². The minimum absolute atomic E-state index is 0.0331. The fourth-order valence-electron chi connectivity index (χ4n) is 3.49. The average molecular weight is 407 g/mol. The first kappa shape index (κ1) is 18.7. The number of aromatic nitrogens is 2. The van der Waals surface area contributed by atoms with E-state index in [2.05, 4.69) is 15.5 Å². The van der Waals surface area contributed by atoms with Gasteiger partial charge in [-0.05, 0) is 31.4 Å². The SMILES string of the molecule is O=C(Nc1ccc(F)cc1F)[C@H]1CCCN(c2nnc(N3CCCC3=O)s2)C1. The Hall–Kier alpha value is -2.62. The molecule has 1 N–H and O–H groups in total. The molecule has 0 aliphatic carbocycles. The molecule has 2 aromatic rings. The summed E-state index contributed by atoms with van der Waals surface area (Å²) < 4.78 is 26.8. The highest BCUT2D eigenvalue weighted by Crippen LogP contribution is 2.32. The van der Waals surface area contributed by atoms with Crippen molar-refractivity contribution in [1.82, 2.24) is 10.2 Å². The van der Waals surface area contributed by atoms with Crippen LogP contribution in [0.2, 0.25) is 0 Å². The van der Waals surface area contributed by atoms with Crippen LogP contribution in [0.5, 0.6) is 0 Å². The van der Waals surface area contributed by atoms with Gasteiger partial charge in [-0.3, -0.25) is 14.5 Å². The van der Waals surface area contributed by atoms with Crippen molar-refractivity contribution in [2.24, 2.45) is 5.92 Å². The number of hydrogen-bond acceptors (Lipinski definition) is 6. The van der Waals surface area contributed by atoms with Crippen LogP contribution < -0.4 is 15.1 Å². The monoisotopic (exact) mass is 407 g/mol. The van der Waals surface area contributed by atoms with E-state index in [1.165, 1.54) is 17.4 Å². The number of amides is 2. The van der Waals surface area contributed by atoms with E-state index in [9.17, 15) is 18.4 Å². The predicted octanol–water partition coefficient (Wildman–Crippen LogP) is 2.80. The zero-order valence-electron chi connectivity index (χ0n) is 15.0. The summed E-state index contributed by atoms with van der Waals surface area (Å²) in [7, 11) is 0. The van der Waals surface area contributed by atoms with Gasteiger partial charge in [-0.15, -0.1) is 10.2 Å². The van der Waals surface area contributed by atoms with Crippen LogP contribution in [0, 0.1) is 17.6 Å². The second kappa shape index (κ2) is 7.78. The van der Waals surface area contributed by atoms with Gasteiger partial charge in [-0.25, -0.2) is 8.78 Å². The third-order valence-corrected chi connectivity index (χ3v) is 5.97. The Kier molecular flexibility index (Phi) is 5.21. The molecular weight excluding hydrogens is 388 g/mol. The number of nitrogens with one attached hydrogen (secondary N) is 1. The maximum atomic E-state index is 13.8. The second-order valence-corrected chi connectivity index (χ2v) is 7.85. The third kappa shape index (κ3) is 3.82. The van der Waals surface area contributed by atoms with E-state index in [4.69, 9.17) is 0 Å². The fraction of sp³-hybridized carbons (Fsp3) is 0.444. The van der Waals surface area contributed by atoms with Gasteiger partial charge in [0.25, 0.3) is 0 Å². The molecule has 2 aliphatic heterocycles. The van der Waals surface area contributed by atoms with Gasteiger partial charge >= 0.3 is 0 Å². The molecule has 28 heavy (non-hydrogen) atoms. The van der Waals surface area contributed by atoms with E-state index < -0.39 is 11.6 Å². The number of piperidine rings is 1. The Morgan fingerprint density at radius 3 is 2.75 bits per heavy atom. The van der Waals surface area contributed by atoms with Crippen LogP contribution in [0.4, 0.5) is 24.7 Å². The Bertz CT molecular complexity index is 906. The molecule has 1 aromatic heterocycles. The van der Waals surface area contributed by atoms with Crippen LogP contribution in [-0.2, 0) is 9.59 Å². The van der Waals surface area contributed by atoms with Crippen molar-refractivity contribution < 1.29 is 18.4 Å². The van der Waals surface area contributed by atoms with Gasteiger partial charge in [0.2, 0.25) is 22.1 Å². The van der Waals surface area contributed by atoms with E-state index in [0.29, 0.717) is 36.2 Å². The highest BCUT2D eigenvalue weighted by Gasteiger charge is 2.30. The lowest BCUT2D eigenvalue weighted by Gasteiger charge is -2.31. The summed E-state index contributed by atoms with van der Waals surface area (Å²) in [6.45, 7) is 1.82. The first-order valence-corrected chi connectivity index (χ1v) is 9.97. The van der Waals surface area contributed by atoms with Crippen molar-refractivity contribution in [3.8, 4) is 0 Å². The van der Waals surface area contributed by atoms with Crippen LogP contribution >= 0.6 is 11.3 Å². The van der Waals surface area contributed by atoms with E-state index in [0.717, 1.165) is 31.5 Å². The van der Waals surface area contributed by atoms with Crippen molar-refractivity contribution in [2.75, 3.05) is 34.8 Å². The molecule has 3 heterocycles. The van der Waals surface area contributed by atoms with Gasteiger partial charge in [0.15, 0.2) is 0 Å². The summed E-state index contributed by atoms with van der Waals surface area (Å²) in [6, 6.07) is 3.06. The summed E-state index contributed by atoms with van der Waals surface area (Å²) in [5.41, 5.74) is -0.0331. The van der Waals surface area contributed by atoms with Crippen molar-refractivity contribution in [2.45, 2.75) is 25.7 Å². The van der Waals surface area contributed by atoms with Crippen LogP contribution in [0.1, 0.15) is 25.7 Å². The van der Waals surface area contributed by atoms with E-state index >= 15 is 0 Å². The zero-order valence-corrected chi connectivity index (χ0v) is 15.8. The molecule has 0 saturated carbocycles.